The van der Waals surface area contributed by atoms with Gasteiger partial charge in [-0.1, -0.05) is 6.07 Å². The zero-order valence-corrected chi connectivity index (χ0v) is 21.7. The van der Waals surface area contributed by atoms with Crippen molar-refractivity contribution in [2.75, 3.05) is 18.9 Å². The highest BCUT2D eigenvalue weighted by molar-refractivity contribution is 5.92. The second-order valence-corrected chi connectivity index (χ2v) is 10.0. The predicted octanol–water partition coefficient (Wildman–Crippen LogP) is 3.65. The van der Waals surface area contributed by atoms with Crippen LogP contribution in [0.2, 0.25) is 0 Å². The lowest BCUT2D eigenvalue weighted by Gasteiger charge is -2.26. The van der Waals surface area contributed by atoms with Crippen LogP contribution < -0.4 is 15.8 Å². The Hall–Kier alpha value is -4.64. The Bertz CT molecular complexity index is 1620. The molecule has 38 heavy (non-hydrogen) atoms. The molecule has 0 radical (unpaired) electrons. The minimum atomic E-state index is -0.459. The molecular weight excluding hydrogens is 482 g/mol. The SMILES string of the molecule is Cc1cc(Nc2ncnc3ccc(CC(=O)N(C)CC(C)(C)N)cc23)ccc1Oc1cc2nncn2cn1. The molecule has 11 heteroatoms. The number of fused-ring (bicyclic) bond motifs is 2. The predicted molar refractivity (Wildman–Crippen MR) is 144 cm³/mol. The minimum Gasteiger partial charge on any atom is -0.439 e. The molecule has 0 fully saturated rings. The van der Waals surface area contributed by atoms with Crippen LogP contribution in [0.15, 0.2) is 61.4 Å². The summed E-state index contributed by atoms with van der Waals surface area (Å²) in [4.78, 5) is 27.5. The lowest BCUT2D eigenvalue weighted by molar-refractivity contribution is -0.129. The second-order valence-electron chi connectivity index (χ2n) is 10.0. The molecule has 194 valence electrons. The van der Waals surface area contributed by atoms with Gasteiger partial charge in [0, 0.05) is 36.3 Å². The van der Waals surface area contributed by atoms with Crippen LogP contribution in [0.25, 0.3) is 16.6 Å². The summed E-state index contributed by atoms with van der Waals surface area (Å²) in [5, 5.41) is 12.1. The second kappa shape index (κ2) is 10.0. The van der Waals surface area contributed by atoms with Crippen molar-refractivity contribution in [3.8, 4) is 11.6 Å². The van der Waals surface area contributed by atoms with Crippen LogP contribution in [0.5, 0.6) is 11.6 Å². The number of nitrogens with zero attached hydrogens (tertiary/aromatic N) is 7. The third kappa shape index (κ3) is 5.68. The number of anilines is 2. The van der Waals surface area contributed by atoms with Crippen LogP contribution in [0.1, 0.15) is 25.0 Å². The molecule has 0 aliphatic heterocycles. The minimum absolute atomic E-state index is 0.00176. The van der Waals surface area contributed by atoms with Gasteiger partial charge >= 0.3 is 0 Å². The number of nitrogens with one attached hydrogen (secondary N) is 1. The number of rotatable bonds is 8. The molecule has 0 saturated heterocycles. The zero-order valence-electron chi connectivity index (χ0n) is 21.7. The van der Waals surface area contributed by atoms with Gasteiger partial charge in [0.25, 0.3) is 0 Å². The molecule has 0 saturated carbocycles. The average Bonchev–Trinajstić information content (AvgIpc) is 3.33. The van der Waals surface area contributed by atoms with Gasteiger partial charge in [0.2, 0.25) is 11.8 Å². The highest BCUT2D eigenvalue weighted by Crippen LogP contribution is 2.29. The summed E-state index contributed by atoms with van der Waals surface area (Å²) in [6, 6.07) is 13.2. The smallest absolute Gasteiger partial charge is 0.226 e. The fraction of sp³-hybridized carbons (Fsp3) is 0.259. The van der Waals surface area contributed by atoms with Gasteiger partial charge < -0.3 is 20.7 Å². The molecular formula is C27H29N9O2. The van der Waals surface area contributed by atoms with E-state index in [9.17, 15) is 4.79 Å². The first-order valence-corrected chi connectivity index (χ1v) is 12.1. The number of carbonyl (C=O) groups excluding carboxylic acids is 1. The lowest BCUT2D eigenvalue weighted by Crippen LogP contribution is -2.46. The van der Waals surface area contributed by atoms with E-state index < -0.39 is 5.54 Å². The van der Waals surface area contributed by atoms with Crippen LogP contribution in [0, 0.1) is 6.92 Å². The quantitative estimate of drug-likeness (QED) is 0.320. The van der Waals surface area contributed by atoms with Gasteiger partial charge in [0.1, 0.15) is 30.5 Å². The topological polar surface area (TPSA) is 136 Å². The van der Waals surface area contributed by atoms with Crippen molar-refractivity contribution in [3.63, 3.8) is 0 Å². The van der Waals surface area contributed by atoms with Crippen LogP contribution in [0.4, 0.5) is 11.5 Å². The van der Waals surface area contributed by atoms with Crippen LogP contribution >= 0.6 is 0 Å². The number of ether oxygens (including phenoxy) is 1. The molecule has 3 heterocycles. The first-order valence-electron chi connectivity index (χ1n) is 12.1. The van der Waals surface area contributed by atoms with Gasteiger partial charge in [-0.15, -0.1) is 10.2 Å². The molecule has 0 aliphatic rings. The van der Waals surface area contributed by atoms with Crippen molar-refractivity contribution >= 4 is 34.0 Å². The van der Waals surface area contributed by atoms with Crippen LogP contribution in [0.3, 0.4) is 0 Å². The van der Waals surface area contributed by atoms with E-state index in [1.54, 1.807) is 35.1 Å². The van der Waals surface area contributed by atoms with E-state index in [1.807, 2.05) is 57.2 Å². The first kappa shape index (κ1) is 25.0. The molecule has 2 aromatic carbocycles. The van der Waals surface area contributed by atoms with Gasteiger partial charge in [0.05, 0.1) is 11.9 Å². The maximum Gasteiger partial charge on any atom is 0.226 e. The maximum atomic E-state index is 12.8. The molecule has 0 atom stereocenters. The summed E-state index contributed by atoms with van der Waals surface area (Å²) in [6.45, 7) is 6.23. The summed E-state index contributed by atoms with van der Waals surface area (Å²) >= 11 is 0. The van der Waals surface area contributed by atoms with Gasteiger partial charge in [-0.3, -0.25) is 9.20 Å². The van der Waals surface area contributed by atoms with Gasteiger partial charge in [-0.2, -0.15) is 0 Å². The lowest BCUT2D eigenvalue weighted by atomic mass is 10.1. The molecule has 0 bridgehead atoms. The molecule has 3 N–H and O–H groups in total. The maximum absolute atomic E-state index is 12.8. The normalized spacial score (nSPS) is 11.6. The Morgan fingerprint density at radius 2 is 1.95 bits per heavy atom. The Morgan fingerprint density at radius 3 is 2.74 bits per heavy atom. The largest absolute Gasteiger partial charge is 0.439 e. The van der Waals surface area contributed by atoms with Crippen molar-refractivity contribution < 1.29 is 9.53 Å². The van der Waals surface area contributed by atoms with Gasteiger partial charge in [0.15, 0.2) is 5.65 Å². The van der Waals surface area contributed by atoms with E-state index in [0.717, 1.165) is 27.7 Å². The number of carbonyl (C=O) groups is 1. The molecule has 11 nitrogen and oxygen atoms in total. The van der Waals surface area contributed by atoms with Crippen molar-refractivity contribution in [2.24, 2.45) is 5.73 Å². The first-order chi connectivity index (χ1) is 18.1. The summed E-state index contributed by atoms with van der Waals surface area (Å²) in [5.74, 6) is 1.75. The summed E-state index contributed by atoms with van der Waals surface area (Å²) in [7, 11) is 1.77. The van der Waals surface area contributed by atoms with Crippen molar-refractivity contribution in [3.05, 3.63) is 72.6 Å². The van der Waals surface area contributed by atoms with E-state index in [2.05, 4.69) is 30.5 Å². The average molecular weight is 512 g/mol. The number of likely N-dealkylation sites (N-methyl/N-ethyl adjacent to an activating group) is 1. The van der Waals surface area contributed by atoms with Gasteiger partial charge in [-0.25, -0.2) is 15.0 Å². The van der Waals surface area contributed by atoms with Crippen molar-refractivity contribution in [2.45, 2.75) is 32.7 Å². The van der Waals surface area contributed by atoms with E-state index in [0.29, 0.717) is 29.6 Å². The van der Waals surface area contributed by atoms with E-state index in [1.165, 1.54) is 6.33 Å². The highest BCUT2D eigenvalue weighted by Gasteiger charge is 2.18. The molecule has 0 unspecified atom stereocenters. The summed E-state index contributed by atoms with van der Waals surface area (Å²) in [5.41, 5.74) is 9.66. The van der Waals surface area contributed by atoms with Gasteiger partial charge in [-0.05, 0) is 62.2 Å². The third-order valence-corrected chi connectivity index (χ3v) is 5.94. The molecule has 1 amide bonds. The summed E-state index contributed by atoms with van der Waals surface area (Å²) < 4.78 is 7.68. The monoisotopic (exact) mass is 511 g/mol. The van der Waals surface area contributed by atoms with Crippen LogP contribution in [-0.4, -0.2) is 59.5 Å². The Morgan fingerprint density at radius 1 is 1.11 bits per heavy atom. The molecule has 0 aliphatic carbocycles. The number of benzene rings is 2. The number of amides is 1. The van der Waals surface area contributed by atoms with Crippen molar-refractivity contribution in [1.29, 1.82) is 0 Å². The third-order valence-electron chi connectivity index (χ3n) is 5.94. The number of nitrogens with two attached hydrogens (primary N) is 1. The van der Waals surface area contributed by atoms with E-state index >= 15 is 0 Å². The van der Waals surface area contributed by atoms with E-state index in [-0.39, 0.29) is 12.3 Å². The fourth-order valence-corrected chi connectivity index (χ4v) is 4.18. The number of aromatic nitrogens is 6. The molecule has 5 aromatic rings. The number of hydrogen-bond donors (Lipinski definition) is 2. The standard InChI is InChI=1S/C27H29N9O2/c1-17-9-19(6-8-22(17)38-24-12-23-34-32-16-36(23)15-31-24)33-26-20-10-18(5-7-21(20)29-14-30-26)11-25(37)35(4)13-27(2,3)28/h5-10,12,14-16H,11,13,28H2,1-4H3,(H,29,30,33). The molecule has 0 spiro atoms. The Labute approximate surface area is 219 Å². The number of hydrogen-bond acceptors (Lipinski definition) is 9. The fourth-order valence-electron chi connectivity index (χ4n) is 4.18. The van der Waals surface area contributed by atoms with Crippen LogP contribution in [-0.2, 0) is 11.2 Å². The zero-order chi connectivity index (χ0) is 26.9. The Kier molecular flexibility index (Phi) is 6.60. The molecule has 5 rings (SSSR count). The van der Waals surface area contributed by atoms with Crippen molar-refractivity contribution in [1.82, 2.24) is 34.4 Å². The summed E-state index contributed by atoms with van der Waals surface area (Å²) in [6.07, 6.45) is 4.96. The Balaban J connectivity index is 1.34. The number of aryl methyl sites for hydroxylation is 1. The highest BCUT2D eigenvalue weighted by atomic mass is 16.5. The van der Waals surface area contributed by atoms with E-state index in [4.69, 9.17) is 10.5 Å². The molecule has 3 aromatic heterocycles.